The van der Waals surface area contributed by atoms with Gasteiger partial charge < -0.3 is 10.0 Å². The zero-order valence-electron chi connectivity index (χ0n) is 21.9. The van der Waals surface area contributed by atoms with Gasteiger partial charge in [0.2, 0.25) is 0 Å². The molecule has 0 aromatic carbocycles. The van der Waals surface area contributed by atoms with Crippen molar-refractivity contribution in [1.29, 1.82) is 0 Å². The van der Waals surface area contributed by atoms with Gasteiger partial charge in [0.05, 0.1) is 4.93 Å². The summed E-state index contributed by atoms with van der Waals surface area (Å²) >= 11 is 0. The van der Waals surface area contributed by atoms with Crippen LogP contribution in [0, 0.1) is 0 Å². The fraction of sp³-hybridized carbons (Fsp3) is 1.00. The summed E-state index contributed by atoms with van der Waals surface area (Å²) in [7, 11) is -0.975. The van der Waals surface area contributed by atoms with E-state index in [0.717, 1.165) is 5.75 Å². The van der Waals surface area contributed by atoms with E-state index >= 15 is 0 Å². The number of rotatable bonds is 22. The highest BCUT2D eigenvalue weighted by molar-refractivity contribution is 8.33. The van der Waals surface area contributed by atoms with E-state index in [0.29, 0.717) is 0 Å². The van der Waals surface area contributed by atoms with E-state index in [4.69, 9.17) is 0 Å². The summed E-state index contributed by atoms with van der Waals surface area (Å²) in [4.78, 5) is 2.18. The highest BCUT2D eigenvalue weighted by atomic mass is 32.3. The maximum Gasteiger partial charge on any atom is 0.0891 e. The van der Waals surface area contributed by atoms with Crippen molar-refractivity contribution in [2.24, 2.45) is 0 Å². The highest BCUT2D eigenvalue weighted by Crippen LogP contribution is 2.51. The molecule has 0 heterocycles. The van der Waals surface area contributed by atoms with Gasteiger partial charge in [0.1, 0.15) is 0 Å². The molecule has 0 fully saturated rings. The molecule has 0 saturated carbocycles. The molecule has 0 aromatic heterocycles. The van der Waals surface area contributed by atoms with E-state index in [1.54, 1.807) is 0 Å². The van der Waals surface area contributed by atoms with E-state index in [-0.39, 0.29) is 0 Å². The van der Waals surface area contributed by atoms with Gasteiger partial charge in [-0.25, -0.2) is 10.0 Å². The van der Waals surface area contributed by atoms with Crippen molar-refractivity contribution in [3.05, 3.63) is 0 Å². The lowest BCUT2D eigenvalue weighted by molar-refractivity contribution is 0.173. The molecule has 0 radical (unpaired) electrons. The molecule has 0 unspecified atom stereocenters. The van der Waals surface area contributed by atoms with Crippen LogP contribution in [0.2, 0.25) is 0 Å². The lowest BCUT2D eigenvalue weighted by Crippen LogP contribution is -2.35. The molecule has 0 aliphatic heterocycles. The second kappa shape index (κ2) is 18.8. The van der Waals surface area contributed by atoms with Crippen molar-refractivity contribution >= 4 is 10.0 Å². The Morgan fingerprint density at radius 2 is 0.900 bits per heavy atom. The van der Waals surface area contributed by atoms with Crippen LogP contribution in [0.3, 0.4) is 0 Å². The molecule has 0 bridgehead atoms. The van der Waals surface area contributed by atoms with Crippen LogP contribution in [0.5, 0.6) is 0 Å². The Labute approximate surface area is 193 Å². The standard InChI is InChI=1S/C27H59NOS/c1-7-9-11-13-15-17-19-21-23-28(25-26-30(5,6)27(3,4)29)24-22-20-18-16-14-12-10-8-2/h29H,7-26H2,1-6H3. The van der Waals surface area contributed by atoms with E-state index < -0.39 is 15.0 Å². The zero-order chi connectivity index (χ0) is 22.7. The summed E-state index contributed by atoms with van der Waals surface area (Å²) in [6.07, 6.45) is 27.0. The average Bonchev–Trinajstić information content (AvgIpc) is 2.68. The number of unbranched alkanes of at least 4 members (excludes halogenated alkanes) is 14. The number of aliphatic hydroxyl groups is 1. The Morgan fingerprint density at radius 3 is 1.23 bits per heavy atom. The third-order valence-electron chi connectivity index (χ3n) is 6.93. The fourth-order valence-corrected chi connectivity index (χ4v) is 5.10. The smallest absolute Gasteiger partial charge is 0.0891 e. The molecule has 0 aromatic rings. The van der Waals surface area contributed by atoms with Gasteiger partial charge in [-0.3, -0.25) is 0 Å². The first-order valence-corrected chi connectivity index (χ1v) is 16.0. The molecular formula is C27H59NOS. The quantitative estimate of drug-likeness (QED) is 0.169. The van der Waals surface area contributed by atoms with Crippen LogP contribution >= 0.6 is 10.0 Å². The molecule has 0 saturated heterocycles. The molecule has 0 aliphatic rings. The SMILES string of the molecule is CCCCCCCCCCN(CCCCCCCCCC)CCS(C)(C)C(C)(C)O. The van der Waals surface area contributed by atoms with Crippen LogP contribution in [-0.2, 0) is 0 Å². The summed E-state index contributed by atoms with van der Waals surface area (Å²) in [6.45, 7) is 12.3. The minimum atomic E-state index is -0.975. The second-order valence-electron chi connectivity index (χ2n) is 10.5. The van der Waals surface area contributed by atoms with Gasteiger partial charge in [-0.2, -0.15) is 0 Å². The molecule has 0 rings (SSSR count). The first-order chi connectivity index (χ1) is 14.2. The highest BCUT2D eigenvalue weighted by Gasteiger charge is 2.29. The molecule has 3 heteroatoms. The van der Waals surface area contributed by atoms with Gasteiger partial charge in [0.15, 0.2) is 0 Å². The first-order valence-electron chi connectivity index (χ1n) is 13.4. The minimum absolute atomic E-state index is 0.532. The summed E-state index contributed by atoms with van der Waals surface area (Å²) in [6, 6.07) is 0. The Kier molecular flexibility index (Phi) is 19.0. The lowest BCUT2D eigenvalue weighted by atomic mass is 10.1. The summed E-state index contributed by atoms with van der Waals surface area (Å²) < 4.78 is 0. The molecule has 0 atom stereocenters. The Hall–Kier alpha value is 0.270. The summed E-state index contributed by atoms with van der Waals surface area (Å²) in [5.41, 5.74) is 0. The van der Waals surface area contributed by atoms with Gasteiger partial charge >= 0.3 is 0 Å². The fourth-order valence-electron chi connectivity index (χ4n) is 3.88. The topological polar surface area (TPSA) is 23.5 Å². The maximum absolute atomic E-state index is 10.5. The van der Waals surface area contributed by atoms with Gasteiger partial charge in [-0.1, -0.05) is 104 Å². The molecule has 0 spiro atoms. The first kappa shape index (κ1) is 30.3. The van der Waals surface area contributed by atoms with E-state index in [1.807, 2.05) is 13.8 Å². The van der Waals surface area contributed by atoms with Crippen LogP contribution in [0.1, 0.15) is 130 Å². The summed E-state index contributed by atoms with van der Waals surface area (Å²) in [5, 5.41) is 10.5. The molecular weight excluding hydrogens is 386 g/mol. The number of hydrogen-bond acceptors (Lipinski definition) is 2. The third-order valence-corrected chi connectivity index (χ3v) is 10.8. The van der Waals surface area contributed by atoms with Crippen LogP contribution in [0.4, 0.5) is 0 Å². The normalized spacial score (nSPS) is 13.3. The lowest BCUT2D eigenvalue weighted by Gasteiger charge is -2.44. The monoisotopic (exact) mass is 445 g/mol. The van der Waals surface area contributed by atoms with Crippen LogP contribution in [-0.4, -0.2) is 52.8 Å². The van der Waals surface area contributed by atoms with Crippen molar-refractivity contribution in [1.82, 2.24) is 4.90 Å². The van der Waals surface area contributed by atoms with Crippen molar-refractivity contribution in [3.8, 4) is 0 Å². The molecule has 30 heavy (non-hydrogen) atoms. The van der Waals surface area contributed by atoms with E-state index in [2.05, 4.69) is 31.3 Å². The van der Waals surface area contributed by atoms with Gasteiger partial charge in [0.25, 0.3) is 0 Å². The van der Waals surface area contributed by atoms with Crippen LogP contribution in [0.15, 0.2) is 0 Å². The minimum Gasteiger partial charge on any atom is -0.382 e. The second-order valence-corrected chi connectivity index (χ2v) is 15.0. The Bertz CT molecular complexity index is 344. The predicted octanol–water partition coefficient (Wildman–Crippen LogP) is 8.36. The van der Waals surface area contributed by atoms with Crippen molar-refractivity contribution in [3.63, 3.8) is 0 Å². The van der Waals surface area contributed by atoms with Gasteiger partial charge in [0, 0.05) is 6.54 Å². The van der Waals surface area contributed by atoms with E-state index in [9.17, 15) is 5.11 Å². The zero-order valence-corrected chi connectivity index (χ0v) is 22.8. The largest absolute Gasteiger partial charge is 0.382 e. The molecule has 0 aliphatic carbocycles. The number of hydrogen-bond donors (Lipinski definition) is 1. The molecule has 0 amide bonds. The molecule has 184 valence electrons. The Balaban J connectivity index is 4.16. The number of nitrogens with zero attached hydrogens (tertiary/aromatic N) is 1. The Morgan fingerprint density at radius 1 is 0.567 bits per heavy atom. The van der Waals surface area contributed by atoms with Gasteiger partial charge in [-0.05, 0) is 58.0 Å². The van der Waals surface area contributed by atoms with Crippen LogP contribution in [0.25, 0.3) is 0 Å². The summed E-state index contributed by atoms with van der Waals surface area (Å²) in [5.74, 6) is 1.16. The van der Waals surface area contributed by atoms with Crippen LogP contribution < -0.4 is 0 Å². The molecule has 2 nitrogen and oxygen atoms in total. The van der Waals surface area contributed by atoms with Crippen molar-refractivity contribution in [2.75, 3.05) is 37.9 Å². The van der Waals surface area contributed by atoms with E-state index in [1.165, 1.54) is 122 Å². The third kappa shape index (κ3) is 16.9. The van der Waals surface area contributed by atoms with Gasteiger partial charge in [-0.15, -0.1) is 0 Å². The predicted molar refractivity (Wildman–Crippen MR) is 142 cm³/mol. The average molecular weight is 446 g/mol. The van der Waals surface area contributed by atoms with Crippen molar-refractivity contribution in [2.45, 2.75) is 135 Å². The van der Waals surface area contributed by atoms with Crippen molar-refractivity contribution < 1.29 is 5.11 Å². The molecule has 1 N–H and O–H groups in total. The maximum atomic E-state index is 10.5.